The summed E-state index contributed by atoms with van der Waals surface area (Å²) in [5.41, 5.74) is 3.53. The molecule has 1 aliphatic heterocycles. The Bertz CT molecular complexity index is 1670. The van der Waals surface area contributed by atoms with Crippen molar-refractivity contribution in [3.63, 3.8) is 0 Å². The van der Waals surface area contributed by atoms with E-state index in [4.69, 9.17) is 9.97 Å². The highest BCUT2D eigenvalue weighted by atomic mass is 16.1. The third-order valence-corrected chi connectivity index (χ3v) is 6.75. The summed E-state index contributed by atoms with van der Waals surface area (Å²) in [6.45, 7) is 8.22. The van der Waals surface area contributed by atoms with Gasteiger partial charge in [0.1, 0.15) is 11.1 Å². The smallest absolute Gasteiger partial charge is 0.278 e. The number of nitrogens with one attached hydrogen (secondary N) is 1. The Kier molecular flexibility index (Phi) is 6.55. The first-order valence-corrected chi connectivity index (χ1v) is 12.7. The van der Waals surface area contributed by atoms with E-state index >= 15 is 0 Å². The second kappa shape index (κ2) is 10.5. The monoisotopic (exact) mass is 520 g/mol. The summed E-state index contributed by atoms with van der Waals surface area (Å²) in [5.74, 6) is 0.901. The van der Waals surface area contributed by atoms with Gasteiger partial charge in [-0.25, -0.2) is 19.3 Å². The molecule has 1 aromatic carbocycles. The van der Waals surface area contributed by atoms with Crippen molar-refractivity contribution < 1.29 is 0 Å². The van der Waals surface area contributed by atoms with Gasteiger partial charge in [0.15, 0.2) is 11.5 Å². The Hall–Kier alpha value is -4.90. The first-order valence-electron chi connectivity index (χ1n) is 12.7. The molecule has 196 valence electrons. The molecule has 0 atom stereocenters. The molecule has 1 N–H and O–H groups in total. The number of pyridine rings is 1. The summed E-state index contributed by atoms with van der Waals surface area (Å²) in [5, 5.41) is 3.67. The van der Waals surface area contributed by atoms with E-state index in [9.17, 15) is 4.79 Å². The van der Waals surface area contributed by atoms with Crippen molar-refractivity contribution in [1.82, 2.24) is 39.2 Å². The van der Waals surface area contributed by atoms with E-state index in [2.05, 4.69) is 55.8 Å². The van der Waals surface area contributed by atoms with Crippen LogP contribution in [0, 0.1) is 0 Å². The van der Waals surface area contributed by atoms with Crippen molar-refractivity contribution in [3.8, 4) is 17.2 Å². The number of aromatic nitrogens is 7. The van der Waals surface area contributed by atoms with Gasteiger partial charge in [-0.3, -0.25) is 14.8 Å². The van der Waals surface area contributed by atoms with Crippen LogP contribution in [0.25, 0.3) is 28.2 Å². The number of hydrogen-bond acceptors (Lipinski definition) is 9. The molecule has 1 fully saturated rings. The second-order valence-electron chi connectivity index (χ2n) is 9.35. The minimum absolute atomic E-state index is 0.223. The van der Waals surface area contributed by atoms with Crippen LogP contribution in [0.4, 0.5) is 17.3 Å². The maximum Gasteiger partial charge on any atom is 0.278 e. The number of piperazine rings is 1. The van der Waals surface area contributed by atoms with Crippen LogP contribution < -0.4 is 15.8 Å². The van der Waals surface area contributed by atoms with E-state index in [1.807, 2.05) is 30.3 Å². The minimum atomic E-state index is -0.223. The molecule has 1 aliphatic rings. The quantitative estimate of drug-likeness (QED) is 0.324. The van der Waals surface area contributed by atoms with Gasteiger partial charge >= 0.3 is 0 Å². The van der Waals surface area contributed by atoms with Gasteiger partial charge in [-0.15, -0.1) is 6.58 Å². The van der Waals surface area contributed by atoms with Gasteiger partial charge in [-0.1, -0.05) is 12.1 Å². The normalized spacial score (nSPS) is 14.0. The average Bonchev–Trinajstić information content (AvgIpc) is 3.25. The van der Waals surface area contributed by atoms with Crippen LogP contribution in [-0.4, -0.2) is 72.4 Å². The lowest BCUT2D eigenvalue weighted by Gasteiger charge is -2.34. The topological polar surface area (TPSA) is 110 Å². The number of anilines is 3. The lowest BCUT2D eigenvalue weighted by Crippen LogP contribution is -2.44. The fourth-order valence-electron chi connectivity index (χ4n) is 4.67. The third kappa shape index (κ3) is 4.87. The molecule has 0 spiro atoms. The number of hydrogen-bond donors (Lipinski definition) is 1. The number of benzene rings is 1. The Morgan fingerprint density at radius 1 is 0.949 bits per heavy atom. The van der Waals surface area contributed by atoms with Crippen LogP contribution in [0.5, 0.6) is 0 Å². The number of allylic oxidation sites excluding steroid dienone is 1. The Labute approximate surface area is 225 Å². The molecule has 0 amide bonds. The molecule has 1 saturated heterocycles. The van der Waals surface area contributed by atoms with Gasteiger partial charge in [-0.05, 0) is 43.4 Å². The van der Waals surface area contributed by atoms with Crippen molar-refractivity contribution in [3.05, 3.63) is 90.3 Å². The summed E-state index contributed by atoms with van der Waals surface area (Å²) in [6.07, 6.45) is 8.09. The van der Waals surface area contributed by atoms with Crippen molar-refractivity contribution in [2.24, 2.45) is 0 Å². The minimum Gasteiger partial charge on any atom is -0.369 e. The van der Waals surface area contributed by atoms with E-state index in [0.29, 0.717) is 34.2 Å². The third-order valence-electron chi connectivity index (χ3n) is 6.75. The van der Waals surface area contributed by atoms with E-state index in [-0.39, 0.29) is 12.1 Å². The summed E-state index contributed by atoms with van der Waals surface area (Å²) in [6, 6.07) is 13.8. The van der Waals surface area contributed by atoms with Gasteiger partial charge in [0.05, 0.1) is 18.4 Å². The van der Waals surface area contributed by atoms with Crippen LogP contribution in [0.1, 0.15) is 0 Å². The highest BCUT2D eigenvalue weighted by molar-refractivity contribution is 5.77. The van der Waals surface area contributed by atoms with Crippen LogP contribution in [0.3, 0.4) is 0 Å². The summed E-state index contributed by atoms with van der Waals surface area (Å²) in [7, 11) is 2.15. The fraction of sp³-hybridized carbons (Fsp3) is 0.214. The van der Waals surface area contributed by atoms with E-state index in [1.54, 1.807) is 40.2 Å². The Balaban J connectivity index is 1.35. The van der Waals surface area contributed by atoms with Gasteiger partial charge < -0.3 is 15.1 Å². The maximum atomic E-state index is 13.3. The number of rotatable bonds is 7. The summed E-state index contributed by atoms with van der Waals surface area (Å²) >= 11 is 0. The predicted molar refractivity (Wildman–Crippen MR) is 152 cm³/mol. The fourth-order valence-corrected chi connectivity index (χ4v) is 4.67. The van der Waals surface area contributed by atoms with E-state index in [0.717, 1.165) is 31.9 Å². The Morgan fingerprint density at radius 2 is 1.77 bits per heavy atom. The second-order valence-corrected chi connectivity index (χ2v) is 9.35. The highest BCUT2D eigenvalue weighted by Gasteiger charge is 2.19. The molecule has 6 rings (SSSR count). The first-order chi connectivity index (χ1) is 19.1. The maximum absolute atomic E-state index is 13.3. The van der Waals surface area contributed by atoms with Crippen molar-refractivity contribution in [2.45, 2.75) is 6.54 Å². The lowest BCUT2D eigenvalue weighted by atomic mass is 10.2. The molecule has 0 bridgehead atoms. The first kappa shape index (κ1) is 24.4. The van der Waals surface area contributed by atoms with Crippen LogP contribution in [0.2, 0.25) is 0 Å². The summed E-state index contributed by atoms with van der Waals surface area (Å²) < 4.78 is 3.24. The van der Waals surface area contributed by atoms with Gasteiger partial charge in [-0.2, -0.15) is 4.98 Å². The predicted octanol–water partition coefficient (Wildman–Crippen LogP) is 3.12. The van der Waals surface area contributed by atoms with Crippen molar-refractivity contribution in [1.29, 1.82) is 0 Å². The number of fused-ring (bicyclic) bond motifs is 1. The van der Waals surface area contributed by atoms with Gasteiger partial charge in [0.25, 0.3) is 5.56 Å². The molecule has 5 heterocycles. The molecule has 0 unspecified atom stereocenters. The molecular formula is C28H28N10O. The summed E-state index contributed by atoms with van der Waals surface area (Å²) in [4.78, 5) is 40.4. The number of likely N-dealkylation sites (N-methyl/N-ethyl adjacent to an activating group) is 1. The van der Waals surface area contributed by atoms with E-state index in [1.165, 1.54) is 5.69 Å². The molecule has 0 radical (unpaired) electrons. The van der Waals surface area contributed by atoms with Crippen LogP contribution >= 0.6 is 0 Å². The highest BCUT2D eigenvalue weighted by Crippen LogP contribution is 2.23. The van der Waals surface area contributed by atoms with Crippen LogP contribution in [-0.2, 0) is 6.54 Å². The van der Waals surface area contributed by atoms with E-state index < -0.39 is 0 Å². The van der Waals surface area contributed by atoms with Crippen molar-refractivity contribution >= 4 is 28.4 Å². The molecule has 0 saturated carbocycles. The number of nitrogens with zero attached hydrogens (tertiary/aromatic N) is 9. The zero-order valence-electron chi connectivity index (χ0n) is 21.6. The van der Waals surface area contributed by atoms with Crippen molar-refractivity contribution in [2.75, 3.05) is 43.4 Å². The SMILES string of the molecule is C=CCn1c(=O)c2cnc(Nc3ccc(N4CCN(C)CC4)cc3)nc2n1-c1cccc(-c2cnccn2)n1. The molecule has 0 aliphatic carbocycles. The molecule has 39 heavy (non-hydrogen) atoms. The zero-order valence-corrected chi connectivity index (χ0v) is 21.6. The largest absolute Gasteiger partial charge is 0.369 e. The molecule has 4 aromatic heterocycles. The molecule has 5 aromatic rings. The zero-order chi connectivity index (χ0) is 26.8. The van der Waals surface area contributed by atoms with Gasteiger partial charge in [0, 0.05) is 56.1 Å². The molecule has 11 nitrogen and oxygen atoms in total. The van der Waals surface area contributed by atoms with Gasteiger partial charge in [0.2, 0.25) is 5.95 Å². The molecular weight excluding hydrogens is 492 g/mol. The Morgan fingerprint density at radius 3 is 2.51 bits per heavy atom. The standard InChI is InChI=1S/C28H28N10O/c1-3-13-37-27(39)22-18-31-28(32-20-7-9-21(10-8-20)36-16-14-35(2)15-17-36)34-26(22)38(37)25-6-4-5-23(33-25)24-19-29-11-12-30-24/h3-12,18-19H,1,13-17H2,2H3,(H,31,32,34). The van der Waals surface area contributed by atoms with Crippen LogP contribution in [0.15, 0.2) is 84.7 Å². The lowest BCUT2D eigenvalue weighted by molar-refractivity contribution is 0.313. The average molecular weight is 521 g/mol. The molecule has 11 heteroatoms.